The van der Waals surface area contributed by atoms with Crippen molar-refractivity contribution in [3.63, 3.8) is 0 Å². The molecule has 33 heavy (non-hydrogen) atoms. The van der Waals surface area contributed by atoms with Crippen molar-refractivity contribution >= 4 is 10.9 Å². The van der Waals surface area contributed by atoms with Gasteiger partial charge in [0, 0.05) is 24.5 Å². The van der Waals surface area contributed by atoms with Crippen molar-refractivity contribution in [2.45, 2.75) is 25.6 Å². The quantitative estimate of drug-likeness (QED) is 0.446. The molecule has 11 heteroatoms. The predicted molar refractivity (Wildman–Crippen MR) is 108 cm³/mol. The molecule has 4 rings (SSSR count). The number of aromatic nitrogens is 4. The summed E-state index contributed by atoms with van der Waals surface area (Å²) < 4.78 is 69.2. The van der Waals surface area contributed by atoms with Crippen LogP contribution < -0.4 is 5.56 Å². The van der Waals surface area contributed by atoms with Crippen LogP contribution in [0.3, 0.4) is 0 Å². The third-order valence-electron chi connectivity index (χ3n) is 5.05. The summed E-state index contributed by atoms with van der Waals surface area (Å²) in [4.78, 5) is 24.9. The summed E-state index contributed by atoms with van der Waals surface area (Å²) in [6.07, 6.45) is -2.92. The molecule has 0 aliphatic heterocycles. The largest absolute Gasteiger partial charge is 0.506 e. The van der Waals surface area contributed by atoms with Crippen molar-refractivity contribution in [2.75, 3.05) is 0 Å². The number of fused-ring (bicyclic) bond motifs is 1. The molecule has 0 fully saturated rings. The van der Waals surface area contributed by atoms with E-state index in [1.165, 1.54) is 31.3 Å². The van der Waals surface area contributed by atoms with Crippen molar-refractivity contribution in [1.82, 2.24) is 19.5 Å². The fraction of sp³-hybridized carbons (Fsp3) is 0.182. The number of nitrogens with zero attached hydrogens (tertiary/aromatic N) is 4. The molecule has 1 aromatic carbocycles. The fourth-order valence-electron chi connectivity index (χ4n) is 3.60. The van der Waals surface area contributed by atoms with E-state index in [1.807, 2.05) is 0 Å². The molecule has 0 bridgehead atoms. The van der Waals surface area contributed by atoms with E-state index < -0.39 is 40.5 Å². The van der Waals surface area contributed by atoms with Crippen LogP contribution >= 0.6 is 0 Å². The minimum absolute atomic E-state index is 0.0364. The Morgan fingerprint density at radius 1 is 1.09 bits per heavy atom. The lowest BCUT2D eigenvalue weighted by Crippen LogP contribution is -2.30. The van der Waals surface area contributed by atoms with Crippen LogP contribution in [-0.4, -0.2) is 24.6 Å². The second-order valence-electron chi connectivity index (χ2n) is 7.32. The van der Waals surface area contributed by atoms with Crippen molar-refractivity contribution in [3.8, 4) is 17.3 Å². The summed E-state index contributed by atoms with van der Waals surface area (Å²) in [5.74, 6) is -2.24. The molecule has 0 amide bonds. The van der Waals surface area contributed by atoms with Crippen molar-refractivity contribution in [3.05, 3.63) is 82.0 Å². The van der Waals surface area contributed by atoms with Gasteiger partial charge >= 0.3 is 6.18 Å². The van der Waals surface area contributed by atoms with Crippen LogP contribution in [0.25, 0.3) is 22.4 Å². The Bertz CT molecular complexity index is 1420. The van der Waals surface area contributed by atoms with Gasteiger partial charge in [-0.25, -0.2) is 18.7 Å². The summed E-state index contributed by atoms with van der Waals surface area (Å²) in [6, 6.07) is 5.77. The van der Waals surface area contributed by atoms with Gasteiger partial charge in [0.1, 0.15) is 23.1 Å². The Labute approximate surface area is 183 Å². The zero-order valence-electron chi connectivity index (χ0n) is 16.9. The second-order valence-corrected chi connectivity index (χ2v) is 7.32. The van der Waals surface area contributed by atoms with Gasteiger partial charge < -0.3 is 5.11 Å². The standard InChI is InChI=1S/C22H15F5N4O2/c1-11(9-12-4-5-13(23)10-14(12)24)31-20(18-16(32)3-2-7-28-18)30-15-6-8-29-19(22(25,26)27)17(15)21(31)33/h2-8,10-11,32H,9H2,1H3. The normalized spacial score (nSPS) is 12.8. The summed E-state index contributed by atoms with van der Waals surface area (Å²) in [5, 5.41) is 9.50. The Morgan fingerprint density at radius 2 is 1.85 bits per heavy atom. The molecule has 3 heterocycles. The molecular weight excluding hydrogens is 447 g/mol. The van der Waals surface area contributed by atoms with Crippen LogP contribution in [-0.2, 0) is 12.6 Å². The number of alkyl halides is 3. The Hall–Kier alpha value is -3.89. The van der Waals surface area contributed by atoms with Crippen LogP contribution in [0.4, 0.5) is 22.0 Å². The van der Waals surface area contributed by atoms with Gasteiger partial charge in [0.25, 0.3) is 5.56 Å². The SMILES string of the molecule is CC(Cc1ccc(F)cc1F)n1c(-c2ncccc2O)nc2ccnc(C(F)(F)F)c2c1=O. The first kappa shape index (κ1) is 22.3. The number of hydrogen-bond donors (Lipinski definition) is 1. The van der Waals surface area contributed by atoms with Crippen LogP contribution in [0.15, 0.2) is 53.6 Å². The lowest BCUT2D eigenvalue weighted by molar-refractivity contribution is -0.139. The average molecular weight is 462 g/mol. The number of halogens is 5. The first-order valence-corrected chi connectivity index (χ1v) is 9.64. The summed E-state index contributed by atoms with van der Waals surface area (Å²) in [6.45, 7) is 1.46. The fourth-order valence-corrected chi connectivity index (χ4v) is 3.60. The minimum atomic E-state index is -4.93. The number of aromatic hydroxyl groups is 1. The van der Waals surface area contributed by atoms with Crippen molar-refractivity contribution in [1.29, 1.82) is 0 Å². The molecule has 170 valence electrons. The second kappa shape index (κ2) is 8.23. The third kappa shape index (κ3) is 4.13. The summed E-state index contributed by atoms with van der Waals surface area (Å²) in [5.41, 5.74) is -2.90. The number of benzene rings is 1. The van der Waals surface area contributed by atoms with Gasteiger partial charge in [0.15, 0.2) is 11.5 Å². The van der Waals surface area contributed by atoms with E-state index in [1.54, 1.807) is 0 Å². The topological polar surface area (TPSA) is 80.9 Å². The van der Waals surface area contributed by atoms with Gasteiger partial charge in [-0.1, -0.05) is 6.07 Å². The van der Waals surface area contributed by atoms with E-state index in [0.29, 0.717) is 6.07 Å². The monoisotopic (exact) mass is 462 g/mol. The Morgan fingerprint density at radius 3 is 2.52 bits per heavy atom. The van der Waals surface area contributed by atoms with Crippen LogP contribution in [0.1, 0.15) is 24.2 Å². The zero-order chi connectivity index (χ0) is 23.9. The average Bonchev–Trinajstić information content (AvgIpc) is 2.74. The summed E-state index contributed by atoms with van der Waals surface area (Å²) >= 11 is 0. The highest BCUT2D eigenvalue weighted by atomic mass is 19.4. The lowest BCUT2D eigenvalue weighted by Gasteiger charge is -2.21. The van der Waals surface area contributed by atoms with Crippen LogP contribution in [0.2, 0.25) is 0 Å². The molecule has 4 aromatic rings. The molecule has 3 aromatic heterocycles. The molecule has 0 spiro atoms. The van der Waals surface area contributed by atoms with Gasteiger partial charge in [-0.05, 0) is 43.2 Å². The first-order valence-electron chi connectivity index (χ1n) is 9.64. The zero-order valence-corrected chi connectivity index (χ0v) is 16.9. The van der Waals surface area contributed by atoms with E-state index in [0.717, 1.165) is 22.9 Å². The number of hydrogen-bond acceptors (Lipinski definition) is 5. The Kier molecular flexibility index (Phi) is 5.56. The number of pyridine rings is 2. The van der Waals surface area contributed by atoms with Gasteiger partial charge in [-0.3, -0.25) is 14.3 Å². The third-order valence-corrected chi connectivity index (χ3v) is 5.05. The van der Waals surface area contributed by atoms with E-state index in [2.05, 4.69) is 15.0 Å². The smallest absolute Gasteiger partial charge is 0.434 e. The molecule has 1 atom stereocenters. The molecule has 0 radical (unpaired) electrons. The van der Waals surface area contributed by atoms with E-state index in [-0.39, 0.29) is 34.8 Å². The molecular formula is C22H15F5N4O2. The van der Waals surface area contributed by atoms with Crippen molar-refractivity contribution < 1.29 is 27.1 Å². The molecule has 0 aliphatic carbocycles. The maximum absolute atomic E-state index is 14.2. The highest BCUT2D eigenvalue weighted by molar-refractivity contribution is 5.82. The molecule has 1 unspecified atom stereocenters. The highest BCUT2D eigenvalue weighted by Gasteiger charge is 2.37. The van der Waals surface area contributed by atoms with E-state index in [9.17, 15) is 31.9 Å². The van der Waals surface area contributed by atoms with Crippen LogP contribution in [0.5, 0.6) is 5.75 Å². The number of rotatable bonds is 4. The molecule has 0 aliphatic rings. The van der Waals surface area contributed by atoms with Crippen LogP contribution in [0, 0.1) is 11.6 Å². The van der Waals surface area contributed by atoms with Gasteiger partial charge in [0.2, 0.25) is 0 Å². The van der Waals surface area contributed by atoms with Gasteiger partial charge in [-0.15, -0.1) is 0 Å². The molecule has 0 saturated heterocycles. The maximum atomic E-state index is 14.2. The van der Waals surface area contributed by atoms with Gasteiger partial charge in [-0.2, -0.15) is 13.2 Å². The molecule has 6 nitrogen and oxygen atoms in total. The van der Waals surface area contributed by atoms with E-state index >= 15 is 0 Å². The summed E-state index contributed by atoms with van der Waals surface area (Å²) in [7, 11) is 0. The minimum Gasteiger partial charge on any atom is -0.506 e. The highest BCUT2D eigenvalue weighted by Crippen LogP contribution is 2.33. The Balaban J connectivity index is 2.01. The molecule has 1 N–H and O–H groups in total. The molecule has 0 saturated carbocycles. The lowest BCUT2D eigenvalue weighted by atomic mass is 10.1. The first-order chi connectivity index (χ1) is 15.6. The van der Waals surface area contributed by atoms with Crippen molar-refractivity contribution in [2.24, 2.45) is 0 Å². The predicted octanol–water partition coefficient (Wildman–Crippen LogP) is 4.66. The van der Waals surface area contributed by atoms with E-state index in [4.69, 9.17) is 0 Å². The maximum Gasteiger partial charge on any atom is 0.434 e. The van der Waals surface area contributed by atoms with Gasteiger partial charge in [0.05, 0.1) is 10.9 Å².